The van der Waals surface area contributed by atoms with Gasteiger partial charge < -0.3 is 9.80 Å². The Hall–Kier alpha value is -1.64. The molecule has 0 atom stereocenters. The molecule has 0 saturated heterocycles. The molecule has 3 rings (SSSR count). The molecule has 0 fully saturated rings. The smallest absolute Gasteiger partial charge is 0.0995 e. The Morgan fingerprint density at radius 1 is 0.600 bits per heavy atom. The van der Waals surface area contributed by atoms with Gasteiger partial charge in [-0.1, -0.05) is 23.2 Å². The van der Waals surface area contributed by atoms with Gasteiger partial charge in [-0.2, -0.15) is 0 Å². The van der Waals surface area contributed by atoms with Gasteiger partial charge in [-0.3, -0.25) is 0 Å². The molecule has 0 unspecified atom stereocenters. The molecular weight excluding hydrogens is 351 g/mol. The second kappa shape index (κ2) is 6.59. The SMILES string of the molecule is CC1=C(C)N(c2c(C)cc(Cl)cc2C)CN1c1c(C)cc(Cl)cc1C. The van der Waals surface area contributed by atoms with Gasteiger partial charge >= 0.3 is 0 Å². The summed E-state index contributed by atoms with van der Waals surface area (Å²) in [5.41, 5.74) is 9.81. The van der Waals surface area contributed by atoms with Crippen molar-refractivity contribution in [2.45, 2.75) is 41.5 Å². The first-order chi connectivity index (χ1) is 11.7. The zero-order chi connectivity index (χ0) is 18.5. The first-order valence-electron chi connectivity index (χ1n) is 8.46. The molecule has 2 aromatic carbocycles. The number of anilines is 2. The zero-order valence-electron chi connectivity index (χ0n) is 15.7. The lowest BCUT2D eigenvalue weighted by Gasteiger charge is -2.28. The number of hydrogen-bond donors (Lipinski definition) is 0. The fraction of sp³-hybridized carbons (Fsp3) is 0.333. The summed E-state index contributed by atoms with van der Waals surface area (Å²) < 4.78 is 0. The van der Waals surface area contributed by atoms with Crippen LogP contribution in [-0.4, -0.2) is 6.67 Å². The van der Waals surface area contributed by atoms with E-state index in [9.17, 15) is 0 Å². The van der Waals surface area contributed by atoms with E-state index in [0.29, 0.717) is 0 Å². The minimum atomic E-state index is 0.789. The largest absolute Gasteiger partial charge is 0.325 e. The maximum atomic E-state index is 6.22. The highest BCUT2D eigenvalue weighted by Gasteiger charge is 2.29. The zero-order valence-corrected chi connectivity index (χ0v) is 17.2. The highest BCUT2D eigenvalue weighted by Crippen LogP contribution is 2.39. The molecule has 0 radical (unpaired) electrons. The molecular formula is C21H24Cl2N2. The van der Waals surface area contributed by atoms with Crippen LogP contribution in [0.3, 0.4) is 0 Å². The van der Waals surface area contributed by atoms with E-state index in [-0.39, 0.29) is 0 Å². The summed E-state index contributed by atoms with van der Waals surface area (Å²) in [5, 5.41) is 1.58. The first-order valence-corrected chi connectivity index (χ1v) is 9.22. The van der Waals surface area contributed by atoms with Crippen LogP contribution >= 0.6 is 23.2 Å². The molecule has 0 saturated carbocycles. The van der Waals surface area contributed by atoms with Crippen LogP contribution in [0.5, 0.6) is 0 Å². The summed E-state index contributed by atoms with van der Waals surface area (Å²) in [7, 11) is 0. The number of allylic oxidation sites excluding steroid dienone is 2. The van der Waals surface area contributed by atoms with Crippen molar-refractivity contribution in [3.8, 4) is 0 Å². The van der Waals surface area contributed by atoms with Crippen molar-refractivity contribution < 1.29 is 0 Å². The van der Waals surface area contributed by atoms with Crippen LogP contribution in [0.4, 0.5) is 11.4 Å². The standard InChI is InChI=1S/C21H24Cl2N2/c1-12-7-18(22)8-13(2)20(12)24-11-25(17(6)16(24)5)21-14(3)9-19(23)10-15(21)4/h7-10H,11H2,1-6H3. The Bertz CT molecular complexity index is 766. The Morgan fingerprint density at radius 2 is 0.880 bits per heavy atom. The van der Waals surface area contributed by atoms with Crippen LogP contribution in [-0.2, 0) is 0 Å². The number of aryl methyl sites for hydroxylation is 4. The lowest BCUT2D eigenvalue weighted by molar-refractivity contribution is 0.921. The van der Waals surface area contributed by atoms with Gasteiger partial charge in [-0.25, -0.2) is 0 Å². The van der Waals surface area contributed by atoms with Gasteiger partial charge in [-0.15, -0.1) is 0 Å². The number of halogens is 2. The summed E-state index contributed by atoms with van der Waals surface area (Å²) >= 11 is 12.4. The maximum absolute atomic E-state index is 6.22. The number of benzene rings is 2. The van der Waals surface area contributed by atoms with Crippen molar-refractivity contribution in [3.63, 3.8) is 0 Å². The normalized spacial score (nSPS) is 14.7. The van der Waals surface area contributed by atoms with E-state index >= 15 is 0 Å². The van der Waals surface area contributed by atoms with Crippen LogP contribution in [0.15, 0.2) is 35.7 Å². The van der Waals surface area contributed by atoms with E-state index in [2.05, 4.69) is 51.3 Å². The second-order valence-corrected chi connectivity index (χ2v) is 7.82. The third-order valence-corrected chi connectivity index (χ3v) is 5.50. The van der Waals surface area contributed by atoms with Crippen LogP contribution in [0.2, 0.25) is 10.0 Å². The molecule has 2 aromatic rings. The minimum Gasteiger partial charge on any atom is -0.325 e. The predicted octanol–water partition coefficient (Wildman–Crippen LogP) is 6.76. The van der Waals surface area contributed by atoms with Gasteiger partial charge in [0.2, 0.25) is 0 Å². The molecule has 0 N–H and O–H groups in total. The van der Waals surface area contributed by atoms with Crippen molar-refractivity contribution in [1.82, 2.24) is 0 Å². The summed E-state index contributed by atoms with van der Waals surface area (Å²) in [6.07, 6.45) is 0. The quantitative estimate of drug-likeness (QED) is 0.572. The Kier molecular flexibility index (Phi) is 4.78. The van der Waals surface area contributed by atoms with Crippen LogP contribution < -0.4 is 9.80 Å². The lowest BCUT2D eigenvalue weighted by atomic mass is 10.1. The molecule has 2 nitrogen and oxygen atoms in total. The van der Waals surface area contributed by atoms with E-state index in [1.165, 1.54) is 45.0 Å². The fourth-order valence-corrected chi connectivity index (χ4v) is 4.53. The fourth-order valence-electron chi connectivity index (χ4n) is 3.88. The van der Waals surface area contributed by atoms with Crippen molar-refractivity contribution in [2.75, 3.05) is 16.5 Å². The third-order valence-electron chi connectivity index (χ3n) is 5.07. The first kappa shape index (κ1) is 18.2. The van der Waals surface area contributed by atoms with E-state index in [4.69, 9.17) is 23.2 Å². The molecule has 1 heterocycles. The topological polar surface area (TPSA) is 6.48 Å². The maximum Gasteiger partial charge on any atom is 0.0995 e. The third kappa shape index (κ3) is 3.14. The molecule has 1 aliphatic rings. The lowest BCUT2D eigenvalue weighted by Crippen LogP contribution is -2.29. The molecule has 0 aromatic heterocycles. The number of nitrogens with zero attached hydrogens (tertiary/aromatic N) is 2. The highest BCUT2D eigenvalue weighted by atomic mass is 35.5. The van der Waals surface area contributed by atoms with Crippen molar-refractivity contribution in [1.29, 1.82) is 0 Å². The summed E-state index contributed by atoms with van der Waals surface area (Å²) in [4.78, 5) is 4.76. The molecule has 132 valence electrons. The van der Waals surface area contributed by atoms with Gasteiger partial charge in [0.05, 0.1) is 6.67 Å². The van der Waals surface area contributed by atoms with E-state index in [1.807, 2.05) is 24.3 Å². The second-order valence-electron chi connectivity index (χ2n) is 6.94. The van der Waals surface area contributed by atoms with Gasteiger partial charge in [0, 0.05) is 32.8 Å². The van der Waals surface area contributed by atoms with Crippen molar-refractivity contribution in [2.24, 2.45) is 0 Å². The Labute approximate surface area is 160 Å². The molecule has 0 spiro atoms. The van der Waals surface area contributed by atoms with Gasteiger partial charge in [0.15, 0.2) is 0 Å². The van der Waals surface area contributed by atoms with Crippen LogP contribution in [0.25, 0.3) is 0 Å². The summed E-state index contributed by atoms with van der Waals surface area (Å²) in [5.74, 6) is 0. The molecule has 0 bridgehead atoms. The molecule has 0 aliphatic carbocycles. The monoisotopic (exact) mass is 374 g/mol. The molecule has 25 heavy (non-hydrogen) atoms. The Balaban J connectivity index is 2.08. The van der Waals surface area contributed by atoms with E-state index < -0.39 is 0 Å². The average molecular weight is 375 g/mol. The van der Waals surface area contributed by atoms with Gasteiger partial charge in [0.25, 0.3) is 0 Å². The summed E-state index contributed by atoms with van der Waals surface area (Å²) in [6.45, 7) is 13.7. The number of hydrogen-bond acceptors (Lipinski definition) is 2. The van der Waals surface area contributed by atoms with Crippen molar-refractivity contribution >= 4 is 34.6 Å². The average Bonchev–Trinajstić information content (AvgIpc) is 2.74. The van der Waals surface area contributed by atoms with E-state index in [1.54, 1.807) is 0 Å². The molecule has 0 amide bonds. The van der Waals surface area contributed by atoms with Crippen molar-refractivity contribution in [3.05, 3.63) is 68.0 Å². The van der Waals surface area contributed by atoms with E-state index in [0.717, 1.165) is 16.7 Å². The molecule has 4 heteroatoms. The minimum absolute atomic E-state index is 0.789. The van der Waals surface area contributed by atoms with Gasteiger partial charge in [0.1, 0.15) is 0 Å². The highest BCUT2D eigenvalue weighted by molar-refractivity contribution is 6.31. The van der Waals surface area contributed by atoms with Crippen LogP contribution in [0.1, 0.15) is 36.1 Å². The van der Waals surface area contributed by atoms with Crippen LogP contribution in [0, 0.1) is 27.7 Å². The van der Waals surface area contributed by atoms with Gasteiger partial charge in [-0.05, 0) is 88.1 Å². The number of rotatable bonds is 2. The Morgan fingerprint density at radius 3 is 1.16 bits per heavy atom. The molecule has 1 aliphatic heterocycles. The summed E-state index contributed by atoms with van der Waals surface area (Å²) in [6, 6.07) is 8.14. The predicted molar refractivity (Wildman–Crippen MR) is 110 cm³/mol.